The molecule has 0 rings (SSSR count). The average molecular weight is 187 g/mol. The molecule has 13 heavy (non-hydrogen) atoms. The lowest BCUT2D eigenvalue weighted by molar-refractivity contribution is 0.0636. The van der Waals surface area contributed by atoms with Gasteiger partial charge in [-0.2, -0.15) is 0 Å². The van der Waals surface area contributed by atoms with Crippen LogP contribution >= 0.6 is 0 Å². The van der Waals surface area contributed by atoms with E-state index in [9.17, 15) is 0 Å². The maximum absolute atomic E-state index is 5.78. The first kappa shape index (κ1) is 12.9. The van der Waals surface area contributed by atoms with Gasteiger partial charge in [0.1, 0.15) is 0 Å². The zero-order valence-corrected chi connectivity index (χ0v) is 9.81. The molecule has 2 heteroatoms. The van der Waals surface area contributed by atoms with Gasteiger partial charge in [-0.15, -0.1) is 0 Å². The highest BCUT2D eigenvalue weighted by Gasteiger charge is 2.29. The number of rotatable bonds is 6. The highest BCUT2D eigenvalue weighted by Crippen LogP contribution is 2.35. The molecule has 0 aromatic rings. The average Bonchev–Trinajstić information content (AvgIpc) is 2.03. The van der Waals surface area contributed by atoms with Crippen LogP contribution in [0.2, 0.25) is 0 Å². The fourth-order valence-corrected chi connectivity index (χ4v) is 1.94. The predicted molar refractivity (Wildman–Crippen MR) is 57.7 cm³/mol. The smallest absolute Gasteiger partial charge is 0.0513 e. The standard InChI is InChI=1S/C11H25NO/c1-6-11(4,8-12)7-10(2,3)9-13-5/h6-9,12H2,1-5H3. The minimum Gasteiger partial charge on any atom is -0.384 e. The third-order valence-electron chi connectivity index (χ3n) is 2.79. The molecule has 2 N–H and O–H groups in total. The van der Waals surface area contributed by atoms with Crippen LogP contribution in [0.15, 0.2) is 0 Å². The molecule has 0 aliphatic heterocycles. The molecule has 1 unspecified atom stereocenters. The second kappa shape index (κ2) is 4.97. The van der Waals surface area contributed by atoms with E-state index in [0.29, 0.717) is 0 Å². The van der Waals surface area contributed by atoms with Crippen LogP contribution in [0, 0.1) is 10.8 Å². The van der Waals surface area contributed by atoms with E-state index >= 15 is 0 Å². The van der Waals surface area contributed by atoms with Crippen molar-refractivity contribution in [2.45, 2.75) is 40.5 Å². The Labute approximate surface area is 82.8 Å². The maximum atomic E-state index is 5.78. The molecule has 0 radical (unpaired) electrons. The molecule has 2 nitrogen and oxygen atoms in total. The molecule has 0 aromatic heterocycles. The van der Waals surface area contributed by atoms with Crippen molar-refractivity contribution >= 4 is 0 Å². The van der Waals surface area contributed by atoms with Gasteiger partial charge in [-0.1, -0.05) is 27.7 Å². The van der Waals surface area contributed by atoms with Crippen molar-refractivity contribution in [2.75, 3.05) is 20.3 Å². The monoisotopic (exact) mass is 187 g/mol. The van der Waals surface area contributed by atoms with Gasteiger partial charge in [0.05, 0.1) is 6.61 Å². The summed E-state index contributed by atoms with van der Waals surface area (Å²) in [6.45, 7) is 10.5. The quantitative estimate of drug-likeness (QED) is 0.693. The summed E-state index contributed by atoms with van der Waals surface area (Å²) < 4.78 is 5.20. The molecule has 0 heterocycles. The van der Waals surface area contributed by atoms with Gasteiger partial charge in [-0.05, 0) is 30.2 Å². The summed E-state index contributed by atoms with van der Waals surface area (Å²) in [4.78, 5) is 0. The van der Waals surface area contributed by atoms with Crippen molar-refractivity contribution in [3.05, 3.63) is 0 Å². The van der Waals surface area contributed by atoms with Crippen LogP contribution in [-0.4, -0.2) is 20.3 Å². The van der Waals surface area contributed by atoms with Gasteiger partial charge in [-0.25, -0.2) is 0 Å². The van der Waals surface area contributed by atoms with E-state index in [1.54, 1.807) is 7.11 Å². The van der Waals surface area contributed by atoms with Crippen molar-refractivity contribution in [3.8, 4) is 0 Å². The molecular formula is C11H25NO. The summed E-state index contributed by atoms with van der Waals surface area (Å²) in [5, 5.41) is 0. The largest absolute Gasteiger partial charge is 0.384 e. The third-order valence-corrected chi connectivity index (χ3v) is 2.79. The molecule has 1 atom stereocenters. The number of hydrogen-bond acceptors (Lipinski definition) is 2. The van der Waals surface area contributed by atoms with Gasteiger partial charge in [-0.3, -0.25) is 0 Å². The highest BCUT2D eigenvalue weighted by molar-refractivity contribution is 4.82. The number of nitrogens with two attached hydrogens (primary N) is 1. The summed E-state index contributed by atoms with van der Waals surface area (Å²) in [5.41, 5.74) is 6.28. The van der Waals surface area contributed by atoms with Crippen LogP contribution in [0.5, 0.6) is 0 Å². The summed E-state index contributed by atoms with van der Waals surface area (Å²) in [6.07, 6.45) is 2.26. The second-order valence-electron chi connectivity index (χ2n) is 5.14. The highest BCUT2D eigenvalue weighted by atomic mass is 16.5. The Kier molecular flexibility index (Phi) is 4.93. The molecule has 0 spiro atoms. The van der Waals surface area contributed by atoms with E-state index < -0.39 is 0 Å². The van der Waals surface area contributed by atoms with Gasteiger partial charge >= 0.3 is 0 Å². The first-order valence-corrected chi connectivity index (χ1v) is 5.08. The van der Waals surface area contributed by atoms with E-state index in [4.69, 9.17) is 10.5 Å². The zero-order valence-electron chi connectivity index (χ0n) is 9.81. The molecule has 0 bridgehead atoms. The van der Waals surface area contributed by atoms with Crippen molar-refractivity contribution in [2.24, 2.45) is 16.6 Å². The first-order valence-electron chi connectivity index (χ1n) is 5.08. The van der Waals surface area contributed by atoms with Gasteiger partial charge in [0.2, 0.25) is 0 Å². The van der Waals surface area contributed by atoms with Gasteiger partial charge in [0.25, 0.3) is 0 Å². The number of methoxy groups -OCH3 is 1. The van der Waals surface area contributed by atoms with Crippen molar-refractivity contribution in [1.82, 2.24) is 0 Å². The van der Waals surface area contributed by atoms with Crippen molar-refractivity contribution < 1.29 is 4.74 Å². The summed E-state index contributed by atoms with van der Waals surface area (Å²) in [6, 6.07) is 0. The van der Waals surface area contributed by atoms with Crippen LogP contribution in [0.1, 0.15) is 40.5 Å². The zero-order chi connectivity index (χ0) is 10.5. The topological polar surface area (TPSA) is 35.2 Å². The molecule has 0 amide bonds. The van der Waals surface area contributed by atoms with Crippen LogP contribution < -0.4 is 5.73 Å². The molecule has 80 valence electrons. The van der Waals surface area contributed by atoms with Crippen LogP contribution in [0.3, 0.4) is 0 Å². The Balaban J connectivity index is 4.21. The van der Waals surface area contributed by atoms with Crippen LogP contribution in [0.4, 0.5) is 0 Å². The second-order valence-corrected chi connectivity index (χ2v) is 5.14. The summed E-state index contributed by atoms with van der Waals surface area (Å²) in [5.74, 6) is 0. The van der Waals surface area contributed by atoms with Crippen molar-refractivity contribution in [3.63, 3.8) is 0 Å². The van der Waals surface area contributed by atoms with Crippen LogP contribution in [-0.2, 0) is 4.74 Å². The van der Waals surface area contributed by atoms with Gasteiger partial charge < -0.3 is 10.5 Å². The van der Waals surface area contributed by atoms with Crippen molar-refractivity contribution in [1.29, 1.82) is 0 Å². The number of hydrogen-bond donors (Lipinski definition) is 1. The first-order chi connectivity index (χ1) is 5.89. The van der Waals surface area contributed by atoms with E-state index in [1.165, 1.54) is 0 Å². The minimum absolute atomic E-state index is 0.235. The van der Waals surface area contributed by atoms with Gasteiger partial charge in [0.15, 0.2) is 0 Å². The van der Waals surface area contributed by atoms with E-state index in [0.717, 1.165) is 26.0 Å². The molecule has 0 aliphatic carbocycles. The summed E-state index contributed by atoms with van der Waals surface area (Å²) >= 11 is 0. The third kappa shape index (κ3) is 4.63. The Bertz CT molecular complexity index is 139. The lowest BCUT2D eigenvalue weighted by atomic mass is 9.73. The number of ether oxygens (including phenoxy) is 1. The maximum Gasteiger partial charge on any atom is 0.0513 e. The SMILES string of the molecule is CCC(C)(CN)CC(C)(C)COC. The Morgan fingerprint density at radius 2 is 1.77 bits per heavy atom. The fraction of sp³-hybridized carbons (Fsp3) is 1.00. The molecule has 0 fully saturated rings. The Hall–Kier alpha value is -0.0800. The Morgan fingerprint density at radius 3 is 2.08 bits per heavy atom. The van der Waals surface area contributed by atoms with Gasteiger partial charge in [0, 0.05) is 7.11 Å². The van der Waals surface area contributed by atoms with E-state index in [2.05, 4.69) is 27.7 Å². The van der Waals surface area contributed by atoms with E-state index in [1.807, 2.05) is 0 Å². The van der Waals surface area contributed by atoms with E-state index in [-0.39, 0.29) is 10.8 Å². The molecular weight excluding hydrogens is 162 g/mol. The summed E-state index contributed by atoms with van der Waals surface area (Å²) in [7, 11) is 1.76. The normalized spacial score (nSPS) is 17.1. The molecule has 0 aromatic carbocycles. The van der Waals surface area contributed by atoms with Crippen LogP contribution in [0.25, 0.3) is 0 Å². The molecule has 0 saturated carbocycles. The minimum atomic E-state index is 0.235. The predicted octanol–water partition coefficient (Wildman–Crippen LogP) is 2.42. The molecule has 0 aliphatic rings. The lowest BCUT2D eigenvalue weighted by Gasteiger charge is -2.35. The lowest BCUT2D eigenvalue weighted by Crippen LogP contribution is -2.34. The fourth-order valence-electron chi connectivity index (χ4n) is 1.94. The Morgan fingerprint density at radius 1 is 1.23 bits per heavy atom. The molecule has 0 saturated heterocycles.